The van der Waals surface area contributed by atoms with Crippen molar-refractivity contribution in [3.8, 4) is 11.8 Å². The van der Waals surface area contributed by atoms with Crippen LogP contribution in [0.1, 0.15) is 5.56 Å². The van der Waals surface area contributed by atoms with Crippen molar-refractivity contribution in [3.63, 3.8) is 0 Å². The Kier molecular flexibility index (Phi) is 4.13. The Morgan fingerprint density at radius 2 is 1.93 bits per heavy atom. The largest absolute Gasteiger partial charge is 0.434 e. The van der Waals surface area contributed by atoms with Gasteiger partial charge in [-0.2, -0.15) is 14.0 Å². The first-order valence-corrected chi connectivity index (χ1v) is 4.60. The van der Waals surface area contributed by atoms with Gasteiger partial charge in [0.05, 0.1) is 22.5 Å². The number of nitrogens with zero attached hydrogens (tertiary/aromatic N) is 1. The zero-order valence-corrected chi connectivity index (χ0v) is 8.82. The maximum Gasteiger partial charge on any atom is 0.387 e. The molecule has 1 aromatic rings. The monoisotopic (exact) mass is 251 g/mol. The first kappa shape index (κ1) is 12.0. The Bertz CT molecular complexity index is 404. The maximum absolute atomic E-state index is 12.0. The van der Waals surface area contributed by atoms with Gasteiger partial charge in [0.25, 0.3) is 0 Å². The van der Waals surface area contributed by atoms with Crippen LogP contribution >= 0.6 is 23.2 Å². The second kappa shape index (κ2) is 5.15. The van der Waals surface area contributed by atoms with E-state index in [0.717, 1.165) is 0 Å². The van der Waals surface area contributed by atoms with E-state index in [0.29, 0.717) is 0 Å². The fraction of sp³-hybridized carbons (Fsp3) is 0.222. The molecule has 0 saturated carbocycles. The SMILES string of the molecule is N#CCc1cc(Cl)c(Cl)cc1OC(F)F. The molecule has 0 fully saturated rings. The highest BCUT2D eigenvalue weighted by atomic mass is 35.5. The summed E-state index contributed by atoms with van der Waals surface area (Å²) < 4.78 is 28.2. The molecule has 0 heterocycles. The minimum Gasteiger partial charge on any atom is -0.434 e. The number of ether oxygens (including phenoxy) is 1. The number of nitriles is 1. The van der Waals surface area contributed by atoms with Crippen molar-refractivity contribution >= 4 is 23.2 Å². The van der Waals surface area contributed by atoms with Gasteiger partial charge in [-0.15, -0.1) is 0 Å². The average Bonchev–Trinajstić information content (AvgIpc) is 2.13. The second-order valence-electron chi connectivity index (χ2n) is 2.59. The molecule has 1 rings (SSSR count). The summed E-state index contributed by atoms with van der Waals surface area (Å²) in [5.41, 5.74) is 0.284. The number of alkyl halides is 2. The van der Waals surface area contributed by atoms with E-state index in [4.69, 9.17) is 28.5 Å². The van der Waals surface area contributed by atoms with Crippen LogP contribution in [0.25, 0.3) is 0 Å². The quantitative estimate of drug-likeness (QED) is 0.822. The summed E-state index contributed by atoms with van der Waals surface area (Å²) in [6, 6.07) is 4.33. The molecule has 0 aliphatic rings. The summed E-state index contributed by atoms with van der Waals surface area (Å²) in [4.78, 5) is 0. The van der Waals surface area contributed by atoms with Gasteiger partial charge >= 0.3 is 6.61 Å². The van der Waals surface area contributed by atoms with Crippen molar-refractivity contribution in [3.05, 3.63) is 27.7 Å². The van der Waals surface area contributed by atoms with Gasteiger partial charge < -0.3 is 4.74 Å². The van der Waals surface area contributed by atoms with Crippen molar-refractivity contribution in [2.24, 2.45) is 0 Å². The third-order valence-corrected chi connectivity index (χ3v) is 2.31. The van der Waals surface area contributed by atoms with E-state index in [9.17, 15) is 8.78 Å². The molecule has 0 radical (unpaired) electrons. The van der Waals surface area contributed by atoms with Gasteiger partial charge in [-0.25, -0.2) is 0 Å². The van der Waals surface area contributed by atoms with Crippen molar-refractivity contribution in [2.75, 3.05) is 0 Å². The number of hydrogen-bond donors (Lipinski definition) is 0. The summed E-state index contributed by atoms with van der Waals surface area (Å²) in [5, 5.41) is 8.77. The van der Waals surface area contributed by atoms with E-state index in [-0.39, 0.29) is 27.8 Å². The molecule has 80 valence electrons. The first-order chi connectivity index (χ1) is 7.04. The molecule has 15 heavy (non-hydrogen) atoms. The number of benzene rings is 1. The molecule has 0 amide bonds. The molecule has 0 aliphatic heterocycles. The van der Waals surface area contributed by atoms with Gasteiger partial charge in [0.2, 0.25) is 0 Å². The van der Waals surface area contributed by atoms with Gasteiger partial charge in [0, 0.05) is 11.6 Å². The lowest BCUT2D eigenvalue weighted by Crippen LogP contribution is -2.04. The molecule has 0 saturated heterocycles. The Morgan fingerprint density at radius 1 is 1.33 bits per heavy atom. The highest BCUT2D eigenvalue weighted by molar-refractivity contribution is 6.42. The van der Waals surface area contributed by atoms with Crippen LogP contribution < -0.4 is 4.74 Å². The number of halogens is 4. The summed E-state index contributed by atoms with van der Waals surface area (Å²) in [6.45, 7) is -2.96. The number of rotatable bonds is 3. The molecule has 0 atom stereocenters. The molecule has 1 aromatic carbocycles. The van der Waals surface area contributed by atoms with Gasteiger partial charge in [0.1, 0.15) is 5.75 Å². The smallest absolute Gasteiger partial charge is 0.387 e. The molecule has 2 nitrogen and oxygen atoms in total. The van der Waals surface area contributed by atoms with Crippen molar-refractivity contribution in [1.29, 1.82) is 5.26 Å². The van der Waals surface area contributed by atoms with Gasteiger partial charge in [-0.05, 0) is 6.07 Å². The van der Waals surface area contributed by atoms with Crippen LogP contribution in [-0.4, -0.2) is 6.61 Å². The molecule has 0 spiro atoms. The molecular formula is C9H5Cl2F2NO. The summed E-state index contributed by atoms with van der Waals surface area (Å²) >= 11 is 11.3. The lowest BCUT2D eigenvalue weighted by Gasteiger charge is -2.09. The topological polar surface area (TPSA) is 33.0 Å². The van der Waals surface area contributed by atoms with E-state index >= 15 is 0 Å². The molecule has 0 aliphatic carbocycles. The highest BCUT2D eigenvalue weighted by Crippen LogP contribution is 2.31. The highest BCUT2D eigenvalue weighted by Gasteiger charge is 2.12. The third kappa shape index (κ3) is 3.22. The van der Waals surface area contributed by atoms with Gasteiger partial charge in [0.15, 0.2) is 0 Å². The van der Waals surface area contributed by atoms with Crippen molar-refractivity contribution in [2.45, 2.75) is 13.0 Å². The first-order valence-electron chi connectivity index (χ1n) is 3.84. The zero-order chi connectivity index (χ0) is 11.4. The number of hydrogen-bond acceptors (Lipinski definition) is 2. The third-order valence-electron chi connectivity index (χ3n) is 1.59. The fourth-order valence-corrected chi connectivity index (χ4v) is 1.34. The standard InChI is InChI=1S/C9H5Cl2F2NO/c10-6-3-5(1-2-14)8(4-7(6)11)15-9(12)13/h3-4,9H,1H2. The lowest BCUT2D eigenvalue weighted by molar-refractivity contribution is -0.0503. The van der Waals surface area contributed by atoms with Crippen LogP contribution in [0.5, 0.6) is 5.75 Å². The Balaban J connectivity index is 3.11. The molecule has 0 unspecified atom stereocenters. The van der Waals surface area contributed by atoms with E-state index in [1.54, 1.807) is 0 Å². The van der Waals surface area contributed by atoms with E-state index < -0.39 is 6.61 Å². The minimum atomic E-state index is -2.96. The zero-order valence-electron chi connectivity index (χ0n) is 7.31. The summed E-state index contributed by atoms with van der Waals surface area (Å²) in [6.07, 6.45) is -0.0705. The van der Waals surface area contributed by atoms with E-state index in [1.807, 2.05) is 6.07 Å². The van der Waals surface area contributed by atoms with Crippen molar-refractivity contribution < 1.29 is 13.5 Å². The van der Waals surface area contributed by atoms with Crippen LogP contribution in [0.3, 0.4) is 0 Å². The Hall–Kier alpha value is -1.05. The predicted octanol–water partition coefficient (Wildman–Crippen LogP) is 3.66. The summed E-state index contributed by atoms with van der Waals surface area (Å²) in [7, 11) is 0. The van der Waals surface area contributed by atoms with Crippen molar-refractivity contribution in [1.82, 2.24) is 0 Å². The predicted molar refractivity (Wildman–Crippen MR) is 52.4 cm³/mol. The normalized spacial score (nSPS) is 10.1. The van der Waals surface area contributed by atoms with Crippen LogP contribution in [0.15, 0.2) is 12.1 Å². The van der Waals surface area contributed by atoms with Crippen LogP contribution in [-0.2, 0) is 6.42 Å². The Labute approximate surface area is 95.0 Å². The van der Waals surface area contributed by atoms with Crippen LogP contribution in [0, 0.1) is 11.3 Å². The van der Waals surface area contributed by atoms with Crippen LogP contribution in [0.4, 0.5) is 8.78 Å². The molecule has 0 aromatic heterocycles. The Morgan fingerprint density at radius 3 is 2.47 bits per heavy atom. The lowest BCUT2D eigenvalue weighted by atomic mass is 10.1. The molecule has 0 bridgehead atoms. The molecule has 0 N–H and O–H groups in total. The van der Waals surface area contributed by atoms with E-state index in [2.05, 4.69) is 4.74 Å². The van der Waals surface area contributed by atoms with E-state index in [1.165, 1.54) is 12.1 Å². The van der Waals surface area contributed by atoms with Gasteiger partial charge in [-0.3, -0.25) is 0 Å². The van der Waals surface area contributed by atoms with Gasteiger partial charge in [-0.1, -0.05) is 23.2 Å². The fourth-order valence-electron chi connectivity index (χ4n) is 0.999. The maximum atomic E-state index is 12.0. The average molecular weight is 252 g/mol. The van der Waals surface area contributed by atoms with Crippen LogP contribution in [0.2, 0.25) is 10.0 Å². The summed E-state index contributed by atoms with van der Waals surface area (Å²) in [5.74, 6) is -0.124. The second-order valence-corrected chi connectivity index (χ2v) is 3.40. The molecule has 6 heteroatoms. The minimum absolute atomic E-state index is 0.0705. The molecular weight excluding hydrogens is 247 g/mol.